The molecule has 0 bridgehead atoms. The summed E-state index contributed by atoms with van der Waals surface area (Å²) in [5.41, 5.74) is 0.765. The van der Waals surface area contributed by atoms with E-state index in [0.717, 1.165) is 18.8 Å². The number of aliphatic carboxylic acids is 1. The summed E-state index contributed by atoms with van der Waals surface area (Å²) in [5, 5.41) is 11.9. The van der Waals surface area contributed by atoms with E-state index in [2.05, 4.69) is 5.32 Å². The highest BCUT2D eigenvalue weighted by Gasteiger charge is 2.24. The van der Waals surface area contributed by atoms with Gasteiger partial charge in [0.2, 0.25) is 5.91 Å². The molecule has 0 atom stereocenters. The van der Waals surface area contributed by atoms with Crippen LogP contribution in [-0.2, 0) is 9.59 Å². The van der Waals surface area contributed by atoms with Crippen molar-refractivity contribution in [3.05, 3.63) is 30.3 Å². The predicted octanol–water partition coefficient (Wildman–Crippen LogP) is 1.10. The monoisotopic (exact) mass is 262 g/mol. The van der Waals surface area contributed by atoms with Crippen molar-refractivity contribution >= 4 is 17.6 Å². The van der Waals surface area contributed by atoms with Crippen LogP contribution in [0.5, 0.6) is 0 Å². The molecule has 1 aliphatic heterocycles. The minimum atomic E-state index is -0.890. The number of carboxylic acids is 1. The molecular weight excluding hydrogens is 244 g/mol. The van der Waals surface area contributed by atoms with Crippen molar-refractivity contribution in [3.8, 4) is 0 Å². The highest BCUT2D eigenvalue weighted by atomic mass is 16.4. The molecule has 19 heavy (non-hydrogen) atoms. The van der Waals surface area contributed by atoms with E-state index in [0.29, 0.717) is 12.3 Å². The van der Waals surface area contributed by atoms with Crippen LogP contribution in [0.25, 0.3) is 0 Å². The molecule has 1 aromatic carbocycles. The van der Waals surface area contributed by atoms with E-state index in [-0.39, 0.29) is 18.9 Å². The minimum Gasteiger partial charge on any atom is -0.481 e. The van der Waals surface area contributed by atoms with Crippen molar-refractivity contribution in [1.29, 1.82) is 0 Å². The summed E-state index contributed by atoms with van der Waals surface area (Å²) in [6, 6.07) is 9.24. The van der Waals surface area contributed by atoms with Crippen LogP contribution in [0.2, 0.25) is 0 Å². The number of benzene rings is 1. The Labute approximate surface area is 112 Å². The van der Waals surface area contributed by atoms with Crippen molar-refractivity contribution in [2.75, 3.05) is 24.5 Å². The van der Waals surface area contributed by atoms with Crippen LogP contribution >= 0.6 is 0 Å². The van der Waals surface area contributed by atoms with Crippen LogP contribution in [0, 0.1) is 5.92 Å². The second-order valence-corrected chi connectivity index (χ2v) is 4.75. The first-order chi connectivity index (χ1) is 9.16. The minimum absolute atomic E-state index is 0.000972. The number of carbonyl (C=O) groups excluding carboxylic acids is 1. The lowest BCUT2D eigenvalue weighted by atomic mass is 9.98. The normalized spacial score (nSPS) is 14.7. The summed E-state index contributed by atoms with van der Waals surface area (Å²) in [6.45, 7) is 1.96. The second kappa shape index (κ2) is 6.33. The Kier molecular flexibility index (Phi) is 4.52. The van der Waals surface area contributed by atoms with Gasteiger partial charge in [0.15, 0.2) is 0 Å². The van der Waals surface area contributed by atoms with Crippen molar-refractivity contribution in [1.82, 2.24) is 5.32 Å². The van der Waals surface area contributed by atoms with E-state index in [4.69, 9.17) is 5.11 Å². The maximum Gasteiger partial charge on any atom is 0.305 e. The van der Waals surface area contributed by atoms with Crippen molar-refractivity contribution in [2.45, 2.75) is 12.8 Å². The first-order valence-corrected chi connectivity index (χ1v) is 6.44. The molecular formula is C14H18N2O3. The lowest BCUT2D eigenvalue weighted by Crippen LogP contribution is -2.45. The van der Waals surface area contributed by atoms with Gasteiger partial charge in [-0.05, 0) is 31.1 Å². The third-order valence-electron chi connectivity index (χ3n) is 3.25. The molecule has 1 aromatic rings. The van der Waals surface area contributed by atoms with Gasteiger partial charge in [0.1, 0.15) is 0 Å². The molecule has 0 spiro atoms. The number of rotatable bonds is 6. The van der Waals surface area contributed by atoms with Crippen molar-refractivity contribution in [3.63, 3.8) is 0 Å². The topological polar surface area (TPSA) is 69.6 Å². The third kappa shape index (κ3) is 3.79. The van der Waals surface area contributed by atoms with Gasteiger partial charge in [0.05, 0.1) is 6.42 Å². The van der Waals surface area contributed by atoms with E-state index in [1.807, 2.05) is 30.3 Å². The number of hydrogen-bond acceptors (Lipinski definition) is 3. The van der Waals surface area contributed by atoms with Gasteiger partial charge in [-0.15, -0.1) is 0 Å². The van der Waals surface area contributed by atoms with Crippen LogP contribution in [-0.4, -0.2) is 36.6 Å². The lowest BCUT2D eigenvalue weighted by Gasteiger charge is -2.30. The Hall–Kier alpha value is -1.88. The third-order valence-corrected chi connectivity index (χ3v) is 3.25. The van der Waals surface area contributed by atoms with Gasteiger partial charge in [-0.2, -0.15) is 0 Å². The SMILES string of the molecule is O=C(O)CCN(C(=O)CC1CNC1)c1ccccc1. The summed E-state index contributed by atoms with van der Waals surface area (Å²) >= 11 is 0. The number of carbonyl (C=O) groups is 2. The summed E-state index contributed by atoms with van der Waals surface area (Å²) in [5.74, 6) is -0.512. The standard InChI is InChI=1S/C14H18N2O3/c17-13(8-11-9-15-10-11)16(7-6-14(18)19)12-4-2-1-3-5-12/h1-5,11,15H,6-10H2,(H,18,19). The fourth-order valence-electron chi connectivity index (χ4n) is 2.06. The zero-order chi connectivity index (χ0) is 13.7. The zero-order valence-corrected chi connectivity index (χ0v) is 10.7. The molecule has 0 aliphatic carbocycles. The van der Waals surface area contributed by atoms with Crippen LogP contribution in [0.3, 0.4) is 0 Å². The summed E-state index contributed by atoms with van der Waals surface area (Å²) in [6.07, 6.45) is 0.436. The van der Waals surface area contributed by atoms with Gasteiger partial charge < -0.3 is 15.3 Å². The van der Waals surface area contributed by atoms with Crippen LogP contribution in [0.1, 0.15) is 12.8 Å². The highest BCUT2D eigenvalue weighted by molar-refractivity contribution is 5.94. The summed E-state index contributed by atoms with van der Waals surface area (Å²) in [4.78, 5) is 24.5. The quantitative estimate of drug-likeness (QED) is 0.805. The molecule has 0 saturated carbocycles. The summed E-state index contributed by atoms with van der Waals surface area (Å²) < 4.78 is 0. The zero-order valence-electron chi connectivity index (χ0n) is 10.7. The number of para-hydroxylation sites is 1. The number of amides is 1. The van der Waals surface area contributed by atoms with Gasteiger partial charge >= 0.3 is 5.97 Å². The largest absolute Gasteiger partial charge is 0.481 e. The van der Waals surface area contributed by atoms with E-state index >= 15 is 0 Å². The Morgan fingerprint density at radius 3 is 2.47 bits per heavy atom. The predicted molar refractivity (Wildman–Crippen MR) is 72.0 cm³/mol. The average molecular weight is 262 g/mol. The van der Waals surface area contributed by atoms with Gasteiger partial charge in [-0.25, -0.2) is 0 Å². The smallest absolute Gasteiger partial charge is 0.305 e. The van der Waals surface area contributed by atoms with Crippen molar-refractivity contribution < 1.29 is 14.7 Å². The molecule has 0 radical (unpaired) electrons. The molecule has 102 valence electrons. The first kappa shape index (κ1) is 13.5. The fourth-order valence-corrected chi connectivity index (χ4v) is 2.06. The van der Waals surface area contributed by atoms with Crippen LogP contribution < -0.4 is 10.2 Å². The second-order valence-electron chi connectivity index (χ2n) is 4.75. The Morgan fingerprint density at radius 2 is 1.95 bits per heavy atom. The van der Waals surface area contributed by atoms with Gasteiger partial charge in [-0.1, -0.05) is 18.2 Å². The molecule has 2 rings (SSSR count). The number of hydrogen-bond donors (Lipinski definition) is 2. The first-order valence-electron chi connectivity index (χ1n) is 6.44. The van der Waals surface area contributed by atoms with Crippen LogP contribution in [0.4, 0.5) is 5.69 Å². The fraction of sp³-hybridized carbons (Fsp3) is 0.429. The molecule has 1 heterocycles. The number of nitrogens with zero attached hydrogens (tertiary/aromatic N) is 1. The highest BCUT2D eigenvalue weighted by Crippen LogP contribution is 2.18. The number of carboxylic acid groups (broad SMARTS) is 1. The van der Waals surface area contributed by atoms with E-state index < -0.39 is 5.97 Å². The number of nitrogens with one attached hydrogen (secondary N) is 1. The van der Waals surface area contributed by atoms with Crippen molar-refractivity contribution in [2.24, 2.45) is 5.92 Å². The maximum absolute atomic E-state index is 12.3. The molecule has 5 nitrogen and oxygen atoms in total. The lowest BCUT2D eigenvalue weighted by molar-refractivity contribution is -0.136. The molecule has 0 unspecified atom stereocenters. The summed E-state index contributed by atoms with van der Waals surface area (Å²) in [7, 11) is 0. The van der Waals surface area contributed by atoms with Gasteiger partial charge in [-0.3, -0.25) is 9.59 Å². The molecule has 1 fully saturated rings. The maximum atomic E-state index is 12.3. The Bertz CT molecular complexity index is 443. The molecule has 2 N–H and O–H groups in total. The Morgan fingerprint density at radius 1 is 1.26 bits per heavy atom. The van der Waals surface area contributed by atoms with E-state index in [1.165, 1.54) is 0 Å². The van der Waals surface area contributed by atoms with E-state index in [1.54, 1.807) is 4.90 Å². The molecule has 1 aliphatic rings. The Balaban J connectivity index is 2.04. The molecule has 5 heteroatoms. The molecule has 1 saturated heterocycles. The van der Waals surface area contributed by atoms with Gasteiger partial charge in [0.25, 0.3) is 0 Å². The van der Waals surface area contributed by atoms with Gasteiger partial charge in [0, 0.05) is 18.7 Å². The average Bonchev–Trinajstić information content (AvgIpc) is 2.35. The molecule has 1 amide bonds. The van der Waals surface area contributed by atoms with E-state index in [9.17, 15) is 9.59 Å². The molecule has 0 aromatic heterocycles. The number of anilines is 1. The van der Waals surface area contributed by atoms with Crippen LogP contribution in [0.15, 0.2) is 30.3 Å².